The molecule has 148 valence electrons. The first kappa shape index (κ1) is 18.0. The number of benzene rings is 1. The van der Waals surface area contributed by atoms with Gasteiger partial charge in [-0.3, -0.25) is 4.57 Å². The molecule has 1 aliphatic rings. The third-order valence-corrected chi connectivity index (χ3v) is 5.67. The molecule has 1 saturated carbocycles. The zero-order chi connectivity index (χ0) is 19.6. The van der Waals surface area contributed by atoms with Crippen molar-refractivity contribution in [3.05, 3.63) is 60.1 Å². The maximum Gasteiger partial charge on any atom is 0.237 e. The molecule has 1 aromatic carbocycles. The van der Waals surface area contributed by atoms with Gasteiger partial charge in [-0.1, -0.05) is 29.1 Å². The predicted molar refractivity (Wildman–Crippen MR) is 106 cm³/mol. The molecular formula is C20H19N5O3S. The third kappa shape index (κ3) is 3.77. The summed E-state index contributed by atoms with van der Waals surface area (Å²) < 4.78 is 18.5. The second kappa shape index (κ2) is 7.75. The number of methoxy groups -OCH3 is 1. The van der Waals surface area contributed by atoms with Gasteiger partial charge in [-0.05, 0) is 37.1 Å². The van der Waals surface area contributed by atoms with Gasteiger partial charge in [0.2, 0.25) is 11.7 Å². The third-order valence-electron chi connectivity index (χ3n) is 4.72. The Morgan fingerprint density at radius 3 is 2.86 bits per heavy atom. The van der Waals surface area contributed by atoms with Gasteiger partial charge in [0.25, 0.3) is 0 Å². The van der Waals surface area contributed by atoms with Crippen molar-refractivity contribution >= 4 is 11.8 Å². The van der Waals surface area contributed by atoms with Crippen LogP contribution in [0.2, 0.25) is 0 Å². The average molecular weight is 409 g/mol. The van der Waals surface area contributed by atoms with Gasteiger partial charge in [-0.2, -0.15) is 4.98 Å². The van der Waals surface area contributed by atoms with Gasteiger partial charge in [0.1, 0.15) is 17.3 Å². The molecular weight excluding hydrogens is 390 g/mol. The molecule has 3 aromatic heterocycles. The molecule has 0 bridgehead atoms. The molecule has 1 aliphatic carbocycles. The van der Waals surface area contributed by atoms with Crippen LogP contribution in [0.3, 0.4) is 0 Å². The topological polar surface area (TPSA) is 92.0 Å². The Morgan fingerprint density at radius 1 is 1.17 bits per heavy atom. The Labute approximate surface area is 171 Å². The number of ether oxygens (including phenoxy) is 1. The monoisotopic (exact) mass is 409 g/mol. The van der Waals surface area contributed by atoms with Crippen molar-refractivity contribution in [2.45, 2.75) is 36.2 Å². The molecule has 0 atom stereocenters. The van der Waals surface area contributed by atoms with Crippen molar-refractivity contribution in [1.29, 1.82) is 0 Å². The highest BCUT2D eigenvalue weighted by Gasteiger charge is 2.30. The Kier molecular flexibility index (Phi) is 4.81. The summed E-state index contributed by atoms with van der Waals surface area (Å²) in [5.41, 5.74) is 0.798. The summed E-state index contributed by atoms with van der Waals surface area (Å²) in [6, 6.07) is 11.4. The van der Waals surface area contributed by atoms with E-state index in [9.17, 15) is 0 Å². The summed E-state index contributed by atoms with van der Waals surface area (Å²) in [6.45, 7) is 0.616. The number of thioether (sulfide) groups is 1. The lowest BCUT2D eigenvalue weighted by molar-refractivity contribution is 0.390. The van der Waals surface area contributed by atoms with Gasteiger partial charge in [0.05, 0.1) is 31.2 Å². The summed E-state index contributed by atoms with van der Waals surface area (Å²) in [5, 5.41) is 13.7. The number of aromatic nitrogens is 5. The van der Waals surface area contributed by atoms with Crippen LogP contribution >= 0.6 is 11.8 Å². The summed E-state index contributed by atoms with van der Waals surface area (Å²) in [4.78, 5) is 4.51. The number of rotatable bonds is 8. The standard InChI is InChI=1S/C20H19N5O3S/c1-26-16-7-3-2-6-15(16)18-21-17(28-24-18)12-29-20-23-22-19(13-8-9-13)25(20)11-14-5-4-10-27-14/h2-7,10,13H,8-9,11-12H2,1H3. The van der Waals surface area contributed by atoms with E-state index in [0.29, 0.717) is 35.7 Å². The molecule has 0 amide bonds. The van der Waals surface area contributed by atoms with E-state index in [1.54, 1.807) is 13.4 Å². The van der Waals surface area contributed by atoms with E-state index >= 15 is 0 Å². The van der Waals surface area contributed by atoms with Crippen LogP contribution in [0, 0.1) is 0 Å². The molecule has 1 fully saturated rings. The lowest BCUT2D eigenvalue weighted by Gasteiger charge is -2.07. The Hall–Kier alpha value is -3.07. The van der Waals surface area contributed by atoms with Crippen LogP contribution in [0.4, 0.5) is 0 Å². The van der Waals surface area contributed by atoms with Crippen LogP contribution in [0.25, 0.3) is 11.4 Å². The Bertz CT molecular complexity index is 1100. The van der Waals surface area contributed by atoms with Gasteiger partial charge in [-0.25, -0.2) is 0 Å². The molecule has 8 nitrogen and oxygen atoms in total. The van der Waals surface area contributed by atoms with Crippen LogP contribution < -0.4 is 4.74 Å². The molecule has 0 aliphatic heterocycles. The second-order valence-electron chi connectivity index (χ2n) is 6.78. The van der Waals surface area contributed by atoms with Crippen molar-refractivity contribution in [3.63, 3.8) is 0 Å². The van der Waals surface area contributed by atoms with Gasteiger partial charge < -0.3 is 13.7 Å². The van der Waals surface area contributed by atoms with E-state index in [1.807, 2.05) is 36.4 Å². The van der Waals surface area contributed by atoms with Gasteiger partial charge in [-0.15, -0.1) is 10.2 Å². The maximum atomic E-state index is 5.52. The highest BCUT2D eigenvalue weighted by Crippen LogP contribution is 2.40. The van der Waals surface area contributed by atoms with E-state index < -0.39 is 0 Å². The van der Waals surface area contributed by atoms with E-state index in [0.717, 1.165) is 35.1 Å². The van der Waals surface area contributed by atoms with Crippen molar-refractivity contribution in [2.75, 3.05) is 7.11 Å². The predicted octanol–water partition coefficient (Wildman–Crippen LogP) is 4.15. The van der Waals surface area contributed by atoms with E-state index in [-0.39, 0.29) is 0 Å². The molecule has 0 N–H and O–H groups in total. The molecule has 0 unspecified atom stereocenters. The molecule has 0 spiro atoms. The molecule has 29 heavy (non-hydrogen) atoms. The minimum Gasteiger partial charge on any atom is -0.496 e. The first-order chi connectivity index (χ1) is 14.3. The quantitative estimate of drug-likeness (QED) is 0.401. The van der Waals surface area contributed by atoms with Crippen LogP contribution in [0.15, 0.2) is 56.8 Å². The number of nitrogens with zero attached hydrogens (tertiary/aromatic N) is 5. The Morgan fingerprint density at radius 2 is 2.07 bits per heavy atom. The molecule has 9 heteroatoms. The molecule has 0 saturated heterocycles. The normalized spacial score (nSPS) is 13.7. The molecule has 5 rings (SSSR count). The zero-order valence-corrected chi connectivity index (χ0v) is 16.6. The van der Waals surface area contributed by atoms with Gasteiger partial charge >= 0.3 is 0 Å². The second-order valence-corrected chi connectivity index (χ2v) is 7.72. The highest BCUT2D eigenvalue weighted by atomic mass is 32.2. The Balaban J connectivity index is 1.34. The van der Waals surface area contributed by atoms with Crippen molar-refractivity contribution in [1.82, 2.24) is 24.9 Å². The number of para-hydroxylation sites is 1. The summed E-state index contributed by atoms with van der Waals surface area (Å²) in [6.07, 6.45) is 4.00. The van der Waals surface area contributed by atoms with Crippen LogP contribution in [0.1, 0.15) is 36.2 Å². The molecule has 4 aromatic rings. The fourth-order valence-electron chi connectivity index (χ4n) is 3.14. The van der Waals surface area contributed by atoms with Crippen LogP contribution in [0.5, 0.6) is 5.75 Å². The summed E-state index contributed by atoms with van der Waals surface area (Å²) in [5.74, 6) is 4.63. The fourth-order valence-corrected chi connectivity index (χ4v) is 3.92. The first-order valence-corrected chi connectivity index (χ1v) is 10.3. The first-order valence-electron chi connectivity index (χ1n) is 9.36. The SMILES string of the molecule is COc1ccccc1-c1noc(CSc2nnc(C3CC3)n2Cc2ccco2)n1. The lowest BCUT2D eigenvalue weighted by Crippen LogP contribution is -2.05. The van der Waals surface area contributed by atoms with E-state index in [1.165, 1.54) is 11.8 Å². The summed E-state index contributed by atoms with van der Waals surface area (Å²) in [7, 11) is 1.62. The van der Waals surface area contributed by atoms with Crippen molar-refractivity contribution < 1.29 is 13.7 Å². The van der Waals surface area contributed by atoms with E-state index in [4.69, 9.17) is 13.7 Å². The molecule has 0 radical (unpaired) electrons. The summed E-state index contributed by atoms with van der Waals surface area (Å²) >= 11 is 1.53. The van der Waals surface area contributed by atoms with Crippen molar-refractivity contribution in [2.24, 2.45) is 0 Å². The smallest absolute Gasteiger partial charge is 0.237 e. The van der Waals surface area contributed by atoms with Crippen LogP contribution in [-0.2, 0) is 12.3 Å². The zero-order valence-electron chi connectivity index (χ0n) is 15.8. The van der Waals surface area contributed by atoms with Gasteiger partial charge in [0, 0.05) is 5.92 Å². The fraction of sp³-hybridized carbons (Fsp3) is 0.300. The number of hydrogen-bond acceptors (Lipinski definition) is 8. The number of hydrogen-bond donors (Lipinski definition) is 0. The molecule has 3 heterocycles. The lowest BCUT2D eigenvalue weighted by atomic mass is 10.2. The average Bonchev–Trinajstić information content (AvgIpc) is 3.14. The number of furan rings is 1. The minimum atomic E-state index is 0.493. The minimum absolute atomic E-state index is 0.493. The largest absolute Gasteiger partial charge is 0.496 e. The maximum absolute atomic E-state index is 5.52. The van der Waals surface area contributed by atoms with Crippen LogP contribution in [-0.4, -0.2) is 32.0 Å². The highest BCUT2D eigenvalue weighted by molar-refractivity contribution is 7.98. The van der Waals surface area contributed by atoms with E-state index in [2.05, 4.69) is 24.9 Å². The van der Waals surface area contributed by atoms with Gasteiger partial charge in [0.15, 0.2) is 5.16 Å². The van der Waals surface area contributed by atoms with Crippen molar-refractivity contribution in [3.8, 4) is 17.1 Å².